The zero-order valence-corrected chi connectivity index (χ0v) is 7.78. The largest absolute Gasteiger partial charge is 0.374 e. The number of aryl methyl sites for hydroxylation is 1. The molecule has 0 saturated carbocycles. The highest BCUT2D eigenvalue weighted by molar-refractivity contribution is 5.23. The SMILES string of the molecule is Cc1cccc(C(O)N(C)C)c1. The van der Waals surface area contributed by atoms with Crippen molar-refractivity contribution in [2.75, 3.05) is 14.1 Å². The van der Waals surface area contributed by atoms with E-state index in [2.05, 4.69) is 0 Å². The molecule has 0 aromatic heterocycles. The number of aliphatic hydroxyl groups is 1. The Kier molecular flexibility index (Phi) is 2.84. The molecule has 0 aliphatic carbocycles. The van der Waals surface area contributed by atoms with E-state index in [0.29, 0.717) is 0 Å². The first-order chi connectivity index (χ1) is 5.61. The topological polar surface area (TPSA) is 23.5 Å². The lowest BCUT2D eigenvalue weighted by Gasteiger charge is -2.18. The van der Waals surface area contributed by atoms with Crippen LogP contribution in [0, 0.1) is 6.92 Å². The van der Waals surface area contributed by atoms with Gasteiger partial charge in [-0.05, 0) is 26.6 Å². The van der Waals surface area contributed by atoms with Gasteiger partial charge in [-0.3, -0.25) is 4.90 Å². The third-order valence-corrected chi connectivity index (χ3v) is 1.83. The summed E-state index contributed by atoms with van der Waals surface area (Å²) >= 11 is 0. The van der Waals surface area contributed by atoms with Crippen molar-refractivity contribution in [3.05, 3.63) is 35.4 Å². The molecule has 1 aromatic rings. The van der Waals surface area contributed by atoms with E-state index in [4.69, 9.17) is 0 Å². The van der Waals surface area contributed by atoms with Crippen molar-refractivity contribution in [1.29, 1.82) is 0 Å². The Morgan fingerprint density at radius 3 is 2.50 bits per heavy atom. The van der Waals surface area contributed by atoms with Gasteiger partial charge in [-0.15, -0.1) is 0 Å². The Hall–Kier alpha value is -0.860. The molecule has 0 amide bonds. The highest BCUT2D eigenvalue weighted by Crippen LogP contribution is 2.15. The predicted molar refractivity (Wildman–Crippen MR) is 49.8 cm³/mol. The summed E-state index contributed by atoms with van der Waals surface area (Å²) < 4.78 is 0. The van der Waals surface area contributed by atoms with Gasteiger partial charge in [0.1, 0.15) is 6.23 Å². The van der Waals surface area contributed by atoms with Crippen LogP contribution in [0.25, 0.3) is 0 Å². The molecule has 0 fully saturated rings. The van der Waals surface area contributed by atoms with Crippen LogP contribution in [0.5, 0.6) is 0 Å². The number of aliphatic hydroxyl groups excluding tert-OH is 1. The molecule has 0 bridgehead atoms. The maximum absolute atomic E-state index is 9.65. The van der Waals surface area contributed by atoms with Crippen LogP contribution in [0.1, 0.15) is 17.4 Å². The lowest BCUT2D eigenvalue weighted by atomic mass is 10.1. The summed E-state index contributed by atoms with van der Waals surface area (Å²) in [4.78, 5) is 1.77. The van der Waals surface area contributed by atoms with Gasteiger partial charge in [0.2, 0.25) is 0 Å². The average molecular weight is 165 g/mol. The lowest BCUT2D eigenvalue weighted by Crippen LogP contribution is -2.19. The zero-order valence-electron chi connectivity index (χ0n) is 7.78. The number of nitrogens with zero attached hydrogens (tertiary/aromatic N) is 1. The van der Waals surface area contributed by atoms with Crippen LogP contribution in [0.2, 0.25) is 0 Å². The normalized spacial score (nSPS) is 13.4. The quantitative estimate of drug-likeness (QED) is 0.672. The van der Waals surface area contributed by atoms with E-state index in [1.807, 2.05) is 45.3 Å². The summed E-state index contributed by atoms with van der Waals surface area (Å²) in [5.74, 6) is 0. The summed E-state index contributed by atoms with van der Waals surface area (Å²) in [6.45, 7) is 2.02. The van der Waals surface area contributed by atoms with Crippen molar-refractivity contribution in [1.82, 2.24) is 4.90 Å². The smallest absolute Gasteiger partial charge is 0.133 e. The number of benzene rings is 1. The third kappa shape index (κ3) is 2.06. The van der Waals surface area contributed by atoms with E-state index in [9.17, 15) is 5.11 Å². The molecule has 1 N–H and O–H groups in total. The van der Waals surface area contributed by atoms with Crippen molar-refractivity contribution in [2.24, 2.45) is 0 Å². The van der Waals surface area contributed by atoms with Crippen LogP contribution in [0.3, 0.4) is 0 Å². The highest BCUT2D eigenvalue weighted by atomic mass is 16.3. The van der Waals surface area contributed by atoms with E-state index in [1.165, 1.54) is 5.56 Å². The molecule has 1 aromatic carbocycles. The van der Waals surface area contributed by atoms with Crippen LogP contribution in [-0.4, -0.2) is 24.1 Å². The molecule has 12 heavy (non-hydrogen) atoms. The van der Waals surface area contributed by atoms with E-state index in [-0.39, 0.29) is 0 Å². The van der Waals surface area contributed by atoms with Gasteiger partial charge in [-0.1, -0.05) is 29.8 Å². The van der Waals surface area contributed by atoms with Gasteiger partial charge in [0.05, 0.1) is 0 Å². The van der Waals surface area contributed by atoms with Crippen molar-refractivity contribution in [3.63, 3.8) is 0 Å². The standard InChI is InChI=1S/C10H15NO/c1-8-5-4-6-9(7-8)10(12)11(2)3/h4-7,10,12H,1-3H3. The minimum absolute atomic E-state index is 0.495. The molecule has 66 valence electrons. The maximum atomic E-state index is 9.65. The van der Waals surface area contributed by atoms with Crippen LogP contribution in [-0.2, 0) is 0 Å². The van der Waals surface area contributed by atoms with Gasteiger partial charge in [0.15, 0.2) is 0 Å². The fourth-order valence-corrected chi connectivity index (χ4v) is 1.13. The Morgan fingerprint density at radius 1 is 1.33 bits per heavy atom. The molecule has 1 unspecified atom stereocenters. The minimum Gasteiger partial charge on any atom is -0.374 e. The van der Waals surface area contributed by atoms with Crippen molar-refractivity contribution < 1.29 is 5.11 Å². The predicted octanol–water partition coefficient (Wildman–Crippen LogP) is 1.55. The van der Waals surface area contributed by atoms with E-state index in [1.54, 1.807) is 4.90 Å². The molecule has 0 radical (unpaired) electrons. The molecule has 2 heteroatoms. The first kappa shape index (κ1) is 9.23. The maximum Gasteiger partial charge on any atom is 0.133 e. The van der Waals surface area contributed by atoms with Crippen molar-refractivity contribution >= 4 is 0 Å². The molecule has 1 atom stereocenters. The van der Waals surface area contributed by atoms with Crippen LogP contribution in [0.15, 0.2) is 24.3 Å². The van der Waals surface area contributed by atoms with Gasteiger partial charge in [0, 0.05) is 0 Å². The summed E-state index contributed by atoms with van der Waals surface area (Å²) in [5.41, 5.74) is 2.12. The molecule has 2 nitrogen and oxygen atoms in total. The first-order valence-corrected chi connectivity index (χ1v) is 4.02. The fraction of sp³-hybridized carbons (Fsp3) is 0.400. The summed E-state index contributed by atoms with van der Waals surface area (Å²) in [5, 5.41) is 9.65. The van der Waals surface area contributed by atoms with Gasteiger partial charge in [-0.25, -0.2) is 0 Å². The zero-order chi connectivity index (χ0) is 9.14. The molecule has 1 rings (SSSR count). The van der Waals surface area contributed by atoms with Crippen molar-refractivity contribution in [3.8, 4) is 0 Å². The van der Waals surface area contributed by atoms with E-state index in [0.717, 1.165) is 5.56 Å². The van der Waals surface area contributed by atoms with Crippen molar-refractivity contribution in [2.45, 2.75) is 13.2 Å². The summed E-state index contributed by atoms with van der Waals surface area (Å²) in [6, 6.07) is 7.89. The minimum atomic E-state index is -0.495. The number of hydrogen-bond donors (Lipinski definition) is 1. The Labute approximate surface area is 73.4 Å². The molecule has 0 aliphatic rings. The second-order valence-electron chi connectivity index (χ2n) is 3.25. The fourth-order valence-electron chi connectivity index (χ4n) is 1.13. The Morgan fingerprint density at radius 2 is 2.00 bits per heavy atom. The van der Waals surface area contributed by atoms with Crippen LogP contribution < -0.4 is 0 Å². The van der Waals surface area contributed by atoms with Gasteiger partial charge in [0.25, 0.3) is 0 Å². The molecule has 0 spiro atoms. The number of hydrogen-bond acceptors (Lipinski definition) is 2. The average Bonchev–Trinajstić information content (AvgIpc) is 2.03. The van der Waals surface area contributed by atoms with E-state index >= 15 is 0 Å². The second kappa shape index (κ2) is 3.70. The molecular weight excluding hydrogens is 150 g/mol. The molecule has 0 aliphatic heterocycles. The molecule has 0 saturated heterocycles. The van der Waals surface area contributed by atoms with Crippen LogP contribution in [0.4, 0.5) is 0 Å². The van der Waals surface area contributed by atoms with E-state index < -0.39 is 6.23 Å². The monoisotopic (exact) mass is 165 g/mol. The van der Waals surface area contributed by atoms with Gasteiger partial charge in [-0.2, -0.15) is 0 Å². The summed E-state index contributed by atoms with van der Waals surface area (Å²) in [7, 11) is 3.71. The Balaban J connectivity index is 2.88. The highest BCUT2D eigenvalue weighted by Gasteiger charge is 2.08. The van der Waals surface area contributed by atoms with Gasteiger partial charge < -0.3 is 5.11 Å². The molecular formula is C10H15NO. The first-order valence-electron chi connectivity index (χ1n) is 4.02. The van der Waals surface area contributed by atoms with Gasteiger partial charge >= 0.3 is 0 Å². The lowest BCUT2D eigenvalue weighted by molar-refractivity contribution is 0.0395. The summed E-state index contributed by atoms with van der Waals surface area (Å²) in [6.07, 6.45) is -0.495. The van der Waals surface area contributed by atoms with Crippen LogP contribution >= 0.6 is 0 Å². The number of rotatable bonds is 2. The third-order valence-electron chi connectivity index (χ3n) is 1.83. The molecule has 0 heterocycles. The Bertz CT molecular complexity index is 258. The second-order valence-corrected chi connectivity index (χ2v) is 3.25.